The molecule has 5 atom stereocenters. The number of aliphatic carboxylic acids is 5. The lowest BCUT2D eigenvalue weighted by atomic mass is 10.1. The van der Waals surface area contributed by atoms with Crippen molar-refractivity contribution in [2.75, 3.05) is 12.0 Å². The lowest BCUT2D eigenvalue weighted by Gasteiger charge is -2.07. The Morgan fingerprint density at radius 1 is 0.575 bits per heavy atom. The van der Waals surface area contributed by atoms with E-state index in [0.717, 1.165) is 5.75 Å². The van der Waals surface area contributed by atoms with Gasteiger partial charge in [0, 0.05) is 0 Å². The lowest BCUT2D eigenvalue weighted by molar-refractivity contribution is -0.140. The summed E-state index contributed by atoms with van der Waals surface area (Å²) < 4.78 is 0. The summed E-state index contributed by atoms with van der Waals surface area (Å²) in [5.41, 5.74) is 25.6. The second-order valence-corrected chi connectivity index (χ2v) is 10.6. The van der Waals surface area contributed by atoms with E-state index in [2.05, 4.69) is 0 Å². The minimum atomic E-state index is -0.963. The van der Waals surface area contributed by atoms with Gasteiger partial charge in [0.1, 0.15) is 30.2 Å². The number of carboxylic acids is 5. The van der Waals surface area contributed by atoms with Crippen LogP contribution in [0.5, 0.6) is 0 Å². The zero-order valence-corrected chi connectivity index (χ0v) is 25.6. The Morgan fingerprint density at radius 3 is 0.975 bits per heavy atom. The molecule has 0 fully saturated rings. The minimum Gasteiger partial charge on any atom is -0.480 e. The standard InChI is InChI=1S/C6H13NO2.C5H11NO2S.2C5H11NO2.C3H7NO2/c1-4(2)3-5(7)6(8)9;1-9-3-2-4(6)5(7)8;2*1-3(2)4(6)5(7)8;1-2(4)3(5)6/h4-5H,3,7H2,1-2H3,(H,8,9);4H,2-3,6H2,1H3,(H,7,8);2*3-4H,6H2,1-2H3,(H,7,8);2H,4H2,1H3,(H,5,6)/t5-;3*4-;2-/m00000/s1. The first-order chi connectivity index (χ1) is 18.0. The quantitative estimate of drug-likeness (QED) is 0.141. The SMILES string of the molecule is CC(C)C[C@H](N)C(=O)O.CC(C)[C@H](N)C(=O)O.CC(C)[C@H](N)C(=O)O.CSCC[C@H](N)C(=O)O.C[C@H](N)C(=O)O. The van der Waals surface area contributed by atoms with Crippen LogP contribution in [0.15, 0.2) is 0 Å². The van der Waals surface area contributed by atoms with Crippen LogP contribution in [0.1, 0.15) is 61.3 Å². The number of thioether (sulfide) groups is 1. The average molecular weight is 604 g/mol. The Bertz CT molecular complexity index is 686. The molecule has 16 heteroatoms. The first kappa shape index (κ1) is 47.3. The van der Waals surface area contributed by atoms with Crippen molar-refractivity contribution in [3.8, 4) is 0 Å². The maximum atomic E-state index is 10.1. The van der Waals surface area contributed by atoms with Gasteiger partial charge in [-0.1, -0.05) is 41.5 Å². The molecule has 0 heterocycles. The number of hydrogen-bond acceptors (Lipinski definition) is 11. The van der Waals surface area contributed by atoms with E-state index in [1.807, 2.05) is 20.1 Å². The Morgan fingerprint density at radius 2 is 0.875 bits per heavy atom. The molecule has 240 valence electrons. The number of hydrogen-bond donors (Lipinski definition) is 10. The van der Waals surface area contributed by atoms with Gasteiger partial charge in [0.15, 0.2) is 0 Å². The third kappa shape index (κ3) is 37.7. The van der Waals surface area contributed by atoms with E-state index in [-0.39, 0.29) is 11.8 Å². The van der Waals surface area contributed by atoms with Crippen molar-refractivity contribution in [1.29, 1.82) is 0 Å². The fourth-order valence-electron chi connectivity index (χ4n) is 1.55. The Labute approximate surface area is 241 Å². The molecule has 0 amide bonds. The molecule has 0 aliphatic carbocycles. The van der Waals surface area contributed by atoms with Crippen molar-refractivity contribution < 1.29 is 49.5 Å². The molecule has 15 nitrogen and oxygen atoms in total. The molecule has 0 saturated heterocycles. The first-order valence-electron chi connectivity index (χ1n) is 12.4. The highest BCUT2D eigenvalue weighted by atomic mass is 32.2. The molecule has 0 spiro atoms. The van der Waals surface area contributed by atoms with Crippen molar-refractivity contribution >= 4 is 41.6 Å². The normalized spacial score (nSPS) is 13.7. The van der Waals surface area contributed by atoms with E-state index in [9.17, 15) is 24.0 Å². The van der Waals surface area contributed by atoms with Crippen LogP contribution >= 0.6 is 11.8 Å². The van der Waals surface area contributed by atoms with E-state index in [0.29, 0.717) is 18.8 Å². The lowest BCUT2D eigenvalue weighted by Crippen LogP contribution is -2.34. The molecule has 0 aromatic rings. The number of nitrogens with two attached hydrogens (primary N) is 5. The van der Waals surface area contributed by atoms with Gasteiger partial charge >= 0.3 is 29.8 Å². The van der Waals surface area contributed by atoms with Crippen molar-refractivity contribution in [2.24, 2.45) is 46.4 Å². The molecule has 0 unspecified atom stereocenters. The van der Waals surface area contributed by atoms with Crippen LogP contribution in [0.3, 0.4) is 0 Å². The molecule has 0 rings (SSSR count). The van der Waals surface area contributed by atoms with Crippen molar-refractivity contribution in [1.82, 2.24) is 0 Å². The van der Waals surface area contributed by atoms with Crippen LogP contribution in [-0.4, -0.2) is 97.6 Å². The fourth-order valence-corrected chi connectivity index (χ4v) is 2.04. The number of carboxylic acid groups (broad SMARTS) is 5. The third-order valence-electron chi connectivity index (χ3n) is 4.39. The highest BCUT2D eigenvalue weighted by molar-refractivity contribution is 7.98. The van der Waals surface area contributed by atoms with Crippen LogP contribution in [0.2, 0.25) is 0 Å². The first-order valence-corrected chi connectivity index (χ1v) is 13.8. The number of rotatable bonds is 12. The summed E-state index contributed by atoms with van der Waals surface area (Å²) in [5.74, 6) is -3.44. The van der Waals surface area contributed by atoms with Gasteiger partial charge < -0.3 is 54.2 Å². The molecule has 40 heavy (non-hydrogen) atoms. The van der Waals surface area contributed by atoms with E-state index in [4.69, 9.17) is 54.2 Å². The van der Waals surface area contributed by atoms with Crippen LogP contribution in [-0.2, 0) is 24.0 Å². The van der Waals surface area contributed by atoms with Gasteiger partial charge in [-0.3, -0.25) is 24.0 Å². The molecule has 15 N–H and O–H groups in total. The van der Waals surface area contributed by atoms with Crippen molar-refractivity contribution in [3.63, 3.8) is 0 Å². The molecule has 0 aliphatic heterocycles. The molecule has 0 aliphatic rings. The van der Waals surface area contributed by atoms with Gasteiger partial charge in [0.05, 0.1) is 0 Å². The van der Waals surface area contributed by atoms with Crippen LogP contribution in [0, 0.1) is 17.8 Å². The third-order valence-corrected chi connectivity index (χ3v) is 5.03. The monoisotopic (exact) mass is 603 g/mol. The predicted octanol–water partition coefficient (Wildman–Crippen LogP) is 0.123. The summed E-state index contributed by atoms with van der Waals surface area (Å²) in [7, 11) is 0. The number of carbonyl (C=O) groups is 5. The Hall–Kier alpha value is -2.50. The van der Waals surface area contributed by atoms with Crippen molar-refractivity contribution in [3.05, 3.63) is 0 Å². The maximum Gasteiger partial charge on any atom is 0.320 e. The summed E-state index contributed by atoms with van der Waals surface area (Å²) in [5, 5.41) is 40.9. The van der Waals surface area contributed by atoms with Gasteiger partial charge in [-0.25, -0.2) is 0 Å². The van der Waals surface area contributed by atoms with Crippen LogP contribution in [0.25, 0.3) is 0 Å². The largest absolute Gasteiger partial charge is 0.480 e. The summed E-state index contributed by atoms with van der Waals surface area (Å²) in [6.45, 7) is 12.4. The zero-order valence-electron chi connectivity index (χ0n) is 24.8. The molecular formula is C24H53N5O10S. The topological polar surface area (TPSA) is 317 Å². The average Bonchev–Trinajstić information content (AvgIpc) is 2.82. The zero-order chi connectivity index (χ0) is 33.3. The summed E-state index contributed by atoms with van der Waals surface area (Å²) in [6, 6.07) is -3.53. The summed E-state index contributed by atoms with van der Waals surface area (Å²) in [4.78, 5) is 49.8. The second-order valence-electron chi connectivity index (χ2n) is 9.64. The van der Waals surface area contributed by atoms with Gasteiger partial charge in [-0.15, -0.1) is 0 Å². The Kier molecular flexibility index (Phi) is 33.2. The highest BCUT2D eigenvalue weighted by Crippen LogP contribution is 2.01. The minimum absolute atomic E-state index is 0.0208. The summed E-state index contributed by atoms with van der Waals surface area (Å²) in [6.07, 6.45) is 3.03. The Balaban J connectivity index is -0.000000128. The molecule has 0 bridgehead atoms. The maximum absolute atomic E-state index is 10.1. The summed E-state index contributed by atoms with van der Waals surface area (Å²) >= 11 is 1.60. The van der Waals surface area contributed by atoms with Gasteiger partial charge in [0.25, 0.3) is 0 Å². The van der Waals surface area contributed by atoms with Gasteiger partial charge in [-0.05, 0) is 49.5 Å². The molecule has 0 saturated carbocycles. The van der Waals surface area contributed by atoms with Gasteiger partial charge in [-0.2, -0.15) is 11.8 Å². The molecule has 0 aromatic carbocycles. The van der Waals surface area contributed by atoms with Gasteiger partial charge in [0.2, 0.25) is 0 Å². The van der Waals surface area contributed by atoms with E-state index in [1.54, 1.807) is 39.5 Å². The molecule has 0 aromatic heterocycles. The predicted molar refractivity (Wildman–Crippen MR) is 156 cm³/mol. The van der Waals surface area contributed by atoms with Crippen LogP contribution in [0.4, 0.5) is 0 Å². The van der Waals surface area contributed by atoms with E-state index < -0.39 is 60.1 Å². The molecular weight excluding hydrogens is 550 g/mol. The van der Waals surface area contributed by atoms with E-state index >= 15 is 0 Å². The highest BCUT2D eigenvalue weighted by Gasteiger charge is 2.15. The van der Waals surface area contributed by atoms with E-state index in [1.165, 1.54) is 6.92 Å². The van der Waals surface area contributed by atoms with Crippen molar-refractivity contribution in [2.45, 2.75) is 91.5 Å². The fraction of sp³-hybridized carbons (Fsp3) is 0.792. The van der Waals surface area contributed by atoms with Crippen LogP contribution < -0.4 is 28.7 Å². The smallest absolute Gasteiger partial charge is 0.320 e. The second kappa shape index (κ2) is 28.0. The molecule has 0 radical (unpaired) electrons.